The lowest BCUT2D eigenvalue weighted by Crippen LogP contribution is -2.47. The van der Waals surface area contributed by atoms with Crippen LogP contribution in [0.25, 0.3) is 0 Å². The maximum Gasteiger partial charge on any atom is 0.239 e. The summed E-state index contributed by atoms with van der Waals surface area (Å²) in [6.45, 7) is 2.74. The second-order valence-corrected chi connectivity index (χ2v) is 7.85. The van der Waals surface area contributed by atoms with Gasteiger partial charge in [0.25, 0.3) is 0 Å². The highest BCUT2D eigenvalue weighted by Gasteiger charge is 2.30. The van der Waals surface area contributed by atoms with Crippen LogP contribution >= 0.6 is 11.8 Å². The third-order valence-corrected chi connectivity index (χ3v) is 5.67. The van der Waals surface area contributed by atoms with Crippen molar-refractivity contribution in [3.8, 4) is 0 Å². The zero-order valence-electron chi connectivity index (χ0n) is 14.0. The van der Waals surface area contributed by atoms with E-state index in [-0.39, 0.29) is 11.9 Å². The molecule has 5 nitrogen and oxygen atoms in total. The van der Waals surface area contributed by atoms with E-state index in [9.17, 15) is 4.79 Å². The Labute approximate surface area is 143 Å². The molecule has 0 radical (unpaired) electrons. The molecule has 6 heteroatoms. The predicted molar refractivity (Wildman–Crippen MR) is 94.5 cm³/mol. The quantitative estimate of drug-likeness (QED) is 0.828. The van der Waals surface area contributed by atoms with Crippen molar-refractivity contribution in [3.05, 3.63) is 18.2 Å². The van der Waals surface area contributed by atoms with E-state index in [2.05, 4.69) is 15.7 Å². The Balaban J connectivity index is 1.52. The maximum absolute atomic E-state index is 12.4. The zero-order valence-corrected chi connectivity index (χ0v) is 14.8. The lowest BCUT2D eigenvalue weighted by Gasteiger charge is -2.33. The molecular formula is C17H28N4OS. The third kappa shape index (κ3) is 4.29. The van der Waals surface area contributed by atoms with Gasteiger partial charge < -0.3 is 15.2 Å². The standard InChI is InChI=1S/C17H28N4OS/c1-23-11-6-15(18)17(22)20-8-4-14(5-9-20)16-19-7-10-21(16)12-13-2-3-13/h7,10,13-15H,2-6,8-9,11-12,18H2,1H3/t15-/m0/s1. The van der Waals surface area contributed by atoms with E-state index < -0.39 is 0 Å². The molecule has 0 aromatic carbocycles. The number of imidazole rings is 1. The van der Waals surface area contributed by atoms with Crippen LogP contribution in [-0.4, -0.2) is 51.5 Å². The van der Waals surface area contributed by atoms with Gasteiger partial charge in [0.05, 0.1) is 6.04 Å². The summed E-state index contributed by atoms with van der Waals surface area (Å²) in [7, 11) is 0. The molecule has 2 N–H and O–H groups in total. The summed E-state index contributed by atoms with van der Waals surface area (Å²) in [5.74, 6) is 3.63. The van der Waals surface area contributed by atoms with Crippen LogP contribution in [-0.2, 0) is 11.3 Å². The number of carbonyl (C=O) groups is 1. The molecule has 0 unspecified atom stereocenters. The Morgan fingerprint density at radius 1 is 1.39 bits per heavy atom. The lowest BCUT2D eigenvalue weighted by atomic mass is 9.95. The normalized spacial score (nSPS) is 20.7. The first-order valence-corrected chi connectivity index (χ1v) is 10.1. The smallest absolute Gasteiger partial charge is 0.239 e. The molecule has 1 aromatic rings. The molecule has 3 rings (SSSR count). The molecule has 1 saturated carbocycles. The first-order chi connectivity index (χ1) is 11.2. The van der Waals surface area contributed by atoms with Crippen LogP contribution < -0.4 is 5.73 Å². The van der Waals surface area contributed by atoms with Gasteiger partial charge in [-0.2, -0.15) is 11.8 Å². The fourth-order valence-electron chi connectivity index (χ4n) is 3.37. The average molecular weight is 337 g/mol. The fourth-order valence-corrected chi connectivity index (χ4v) is 3.86. The predicted octanol–water partition coefficient (Wildman–Crippen LogP) is 2.08. The van der Waals surface area contributed by atoms with Gasteiger partial charge in [-0.15, -0.1) is 0 Å². The zero-order chi connectivity index (χ0) is 16.2. The molecule has 0 bridgehead atoms. The largest absolute Gasteiger partial charge is 0.341 e. The highest BCUT2D eigenvalue weighted by atomic mass is 32.2. The molecule has 1 aromatic heterocycles. The average Bonchev–Trinajstić information content (AvgIpc) is 3.27. The SMILES string of the molecule is CSCC[C@H](N)C(=O)N1CCC(c2nccn2CC2CC2)CC1. The molecule has 23 heavy (non-hydrogen) atoms. The Kier molecular flexibility index (Phi) is 5.64. The number of amides is 1. The number of nitrogens with zero attached hydrogens (tertiary/aromatic N) is 3. The molecule has 1 aliphatic heterocycles. The van der Waals surface area contributed by atoms with Gasteiger partial charge in [0, 0.05) is 37.9 Å². The van der Waals surface area contributed by atoms with Crippen molar-refractivity contribution in [1.82, 2.24) is 14.5 Å². The summed E-state index contributed by atoms with van der Waals surface area (Å²) in [6.07, 6.45) is 11.6. The van der Waals surface area contributed by atoms with Crippen LogP contribution in [0.15, 0.2) is 12.4 Å². The van der Waals surface area contributed by atoms with Crippen molar-refractivity contribution < 1.29 is 4.79 Å². The van der Waals surface area contributed by atoms with E-state index in [1.54, 1.807) is 11.8 Å². The van der Waals surface area contributed by atoms with E-state index in [4.69, 9.17) is 5.73 Å². The van der Waals surface area contributed by atoms with E-state index in [0.717, 1.165) is 50.6 Å². The fraction of sp³-hybridized carbons (Fsp3) is 0.765. The maximum atomic E-state index is 12.4. The van der Waals surface area contributed by atoms with Crippen molar-refractivity contribution in [1.29, 1.82) is 0 Å². The minimum Gasteiger partial charge on any atom is -0.341 e. The van der Waals surface area contributed by atoms with Gasteiger partial charge in [-0.3, -0.25) is 4.79 Å². The van der Waals surface area contributed by atoms with Crippen LogP contribution in [0.4, 0.5) is 0 Å². The number of carbonyl (C=O) groups excluding carboxylic acids is 1. The topological polar surface area (TPSA) is 64.2 Å². The minimum absolute atomic E-state index is 0.124. The second-order valence-electron chi connectivity index (χ2n) is 6.87. The monoisotopic (exact) mass is 336 g/mol. The van der Waals surface area contributed by atoms with Gasteiger partial charge in [-0.25, -0.2) is 4.98 Å². The lowest BCUT2D eigenvalue weighted by molar-refractivity contribution is -0.133. The van der Waals surface area contributed by atoms with Crippen LogP contribution in [0.3, 0.4) is 0 Å². The summed E-state index contributed by atoms with van der Waals surface area (Å²) in [5, 5.41) is 0. The Morgan fingerprint density at radius 2 is 2.13 bits per heavy atom. The van der Waals surface area contributed by atoms with E-state index >= 15 is 0 Å². The number of piperidine rings is 1. The highest BCUT2D eigenvalue weighted by Crippen LogP contribution is 2.33. The highest BCUT2D eigenvalue weighted by molar-refractivity contribution is 7.98. The van der Waals surface area contributed by atoms with E-state index in [0.29, 0.717) is 5.92 Å². The number of hydrogen-bond donors (Lipinski definition) is 1. The van der Waals surface area contributed by atoms with Gasteiger partial charge in [0.1, 0.15) is 5.82 Å². The molecule has 1 amide bonds. The Morgan fingerprint density at radius 3 is 2.78 bits per heavy atom. The molecule has 1 aliphatic carbocycles. The number of nitrogens with two attached hydrogens (primary N) is 1. The van der Waals surface area contributed by atoms with E-state index in [1.165, 1.54) is 18.7 Å². The van der Waals surface area contributed by atoms with Crippen molar-refractivity contribution in [3.63, 3.8) is 0 Å². The third-order valence-electron chi connectivity index (χ3n) is 5.02. The minimum atomic E-state index is -0.337. The molecule has 1 saturated heterocycles. The molecular weight excluding hydrogens is 308 g/mol. The summed E-state index contributed by atoms with van der Waals surface area (Å²) in [5.41, 5.74) is 6.03. The second kappa shape index (κ2) is 7.71. The molecule has 1 atom stereocenters. The van der Waals surface area contributed by atoms with Crippen molar-refractivity contribution in [2.45, 2.75) is 50.6 Å². The summed E-state index contributed by atoms with van der Waals surface area (Å²) in [6, 6.07) is -0.337. The van der Waals surface area contributed by atoms with Crippen molar-refractivity contribution >= 4 is 17.7 Å². The Hall–Kier alpha value is -1.01. The first-order valence-electron chi connectivity index (χ1n) is 8.73. The molecule has 2 heterocycles. The van der Waals surface area contributed by atoms with Gasteiger partial charge in [-0.05, 0) is 50.0 Å². The summed E-state index contributed by atoms with van der Waals surface area (Å²) in [4.78, 5) is 18.9. The number of hydrogen-bond acceptors (Lipinski definition) is 4. The number of rotatable bonds is 7. The van der Waals surface area contributed by atoms with Crippen molar-refractivity contribution in [2.24, 2.45) is 11.7 Å². The number of thioether (sulfide) groups is 1. The molecule has 2 fully saturated rings. The van der Waals surface area contributed by atoms with Crippen LogP contribution in [0.5, 0.6) is 0 Å². The number of aromatic nitrogens is 2. The summed E-state index contributed by atoms with van der Waals surface area (Å²) >= 11 is 1.74. The molecule has 128 valence electrons. The van der Waals surface area contributed by atoms with Crippen molar-refractivity contribution in [2.75, 3.05) is 25.1 Å². The van der Waals surface area contributed by atoms with E-state index in [1.807, 2.05) is 17.4 Å². The van der Waals surface area contributed by atoms with Crippen LogP contribution in [0.2, 0.25) is 0 Å². The van der Waals surface area contributed by atoms with Gasteiger partial charge >= 0.3 is 0 Å². The van der Waals surface area contributed by atoms with Crippen LogP contribution in [0, 0.1) is 5.92 Å². The van der Waals surface area contributed by atoms with Gasteiger partial charge in [0.15, 0.2) is 0 Å². The number of likely N-dealkylation sites (tertiary alicyclic amines) is 1. The molecule has 0 spiro atoms. The summed E-state index contributed by atoms with van der Waals surface area (Å²) < 4.78 is 2.34. The molecule has 2 aliphatic rings. The Bertz CT molecular complexity index is 520. The first kappa shape index (κ1) is 16.8. The van der Waals surface area contributed by atoms with Crippen LogP contribution in [0.1, 0.15) is 43.8 Å². The van der Waals surface area contributed by atoms with Gasteiger partial charge in [0.2, 0.25) is 5.91 Å². The van der Waals surface area contributed by atoms with Gasteiger partial charge in [-0.1, -0.05) is 0 Å².